The standard InChI is InChI=1S/C27H28N4O2/c1-2-3-7-16-31-26(29-25(30-31)17-20-8-5-4-6-9-20)18-21-10-12-22(13-11-21)23-14-15-28-19-24(23)27(32)33/h4-6,8-15,19H,2-3,7,16-18H2,1H3,(H,32,33). The summed E-state index contributed by atoms with van der Waals surface area (Å²) in [6.07, 6.45) is 7.80. The molecule has 0 aliphatic carbocycles. The van der Waals surface area contributed by atoms with E-state index in [1.807, 2.05) is 47.1 Å². The number of hydrogen-bond donors (Lipinski definition) is 1. The molecule has 1 N–H and O–H groups in total. The smallest absolute Gasteiger partial charge is 0.337 e. The van der Waals surface area contributed by atoms with Crippen LogP contribution in [0.4, 0.5) is 0 Å². The van der Waals surface area contributed by atoms with E-state index in [0.29, 0.717) is 18.4 Å². The van der Waals surface area contributed by atoms with Crippen molar-refractivity contribution in [2.45, 2.75) is 45.6 Å². The van der Waals surface area contributed by atoms with E-state index in [2.05, 4.69) is 24.0 Å². The summed E-state index contributed by atoms with van der Waals surface area (Å²) < 4.78 is 2.05. The molecule has 0 amide bonds. The summed E-state index contributed by atoms with van der Waals surface area (Å²) in [5.74, 6) is 0.820. The van der Waals surface area contributed by atoms with Crippen LogP contribution in [0.15, 0.2) is 73.1 Å². The second-order valence-corrected chi connectivity index (χ2v) is 8.14. The largest absolute Gasteiger partial charge is 0.478 e. The SMILES string of the molecule is CCCCCn1nc(Cc2ccccc2)nc1Cc1ccc(-c2ccncc2C(=O)O)cc1. The molecule has 0 aliphatic heterocycles. The van der Waals surface area contributed by atoms with Crippen LogP contribution in [-0.4, -0.2) is 30.8 Å². The number of unbranched alkanes of at least 4 members (excludes halogenated alkanes) is 2. The van der Waals surface area contributed by atoms with Crippen LogP contribution in [-0.2, 0) is 19.4 Å². The van der Waals surface area contributed by atoms with E-state index in [0.717, 1.165) is 42.2 Å². The summed E-state index contributed by atoms with van der Waals surface area (Å²) in [7, 11) is 0. The van der Waals surface area contributed by atoms with Gasteiger partial charge in [0.1, 0.15) is 5.82 Å². The van der Waals surface area contributed by atoms with Gasteiger partial charge >= 0.3 is 5.97 Å². The first-order valence-electron chi connectivity index (χ1n) is 11.4. The van der Waals surface area contributed by atoms with Gasteiger partial charge in [0.05, 0.1) is 5.56 Å². The number of aromatic carboxylic acids is 1. The lowest BCUT2D eigenvalue weighted by atomic mass is 10.00. The highest BCUT2D eigenvalue weighted by molar-refractivity contribution is 5.95. The minimum absolute atomic E-state index is 0.200. The number of pyridine rings is 1. The van der Waals surface area contributed by atoms with E-state index in [1.165, 1.54) is 18.2 Å². The number of nitrogens with zero attached hydrogens (tertiary/aromatic N) is 4. The molecular formula is C27H28N4O2. The Morgan fingerprint density at radius 2 is 1.70 bits per heavy atom. The van der Waals surface area contributed by atoms with Crippen molar-refractivity contribution in [1.82, 2.24) is 19.7 Å². The Morgan fingerprint density at radius 1 is 0.939 bits per heavy atom. The average molecular weight is 441 g/mol. The van der Waals surface area contributed by atoms with E-state index < -0.39 is 5.97 Å². The van der Waals surface area contributed by atoms with Gasteiger partial charge in [-0.05, 0) is 34.7 Å². The van der Waals surface area contributed by atoms with Crippen molar-refractivity contribution in [3.63, 3.8) is 0 Å². The molecule has 2 aromatic heterocycles. The van der Waals surface area contributed by atoms with Gasteiger partial charge in [0.25, 0.3) is 0 Å². The number of aromatic nitrogens is 4. The molecule has 6 heteroatoms. The molecule has 0 fully saturated rings. The molecule has 0 bridgehead atoms. The molecule has 0 radical (unpaired) electrons. The van der Waals surface area contributed by atoms with Crippen molar-refractivity contribution in [2.75, 3.05) is 0 Å². The summed E-state index contributed by atoms with van der Waals surface area (Å²) in [5.41, 5.74) is 4.03. The highest BCUT2D eigenvalue weighted by Gasteiger charge is 2.14. The number of hydrogen-bond acceptors (Lipinski definition) is 4. The third kappa shape index (κ3) is 5.71. The molecule has 0 unspecified atom stereocenters. The second kappa shape index (κ2) is 10.7. The van der Waals surface area contributed by atoms with E-state index in [1.54, 1.807) is 12.3 Å². The van der Waals surface area contributed by atoms with Crippen LogP contribution in [0.2, 0.25) is 0 Å². The maximum atomic E-state index is 11.5. The van der Waals surface area contributed by atoms with Crippen molar-refractivity contribution in [3.8, 4) is 11.1 Å². The first-order chi connectivity index (χ1) is 16.1. The van der Waals surface area contributed by atoms with Gasteiger partial charge in [0.2, 0.25) is 0 Å². The fraction of sp³-hybridized carbons (Fsp3) is 0.259. The Bertz CT molecular complexity index is 1200. The lowest BCUT2D eigenvalue weighted by Crippen LogP contribution is -2.07. The van der Waals surface area contributed by atoms with Crippen LogP contribution >= 0.6 is 0 Å². The van der Waals surface area contributed by atoms with Gasteiger partial charge in [0, 0.05) is 31.8 Å². The van der Waals surface area contributed by atoms with Gasteiger partial charge in [-0.15, -0.1) is 0 Å². The second-order valence-electron chi connectivity index (χ2n) is 8.14. The third-order valence-electron chi connectivity index (χ3n) is 5.65. The Labute approximate surface area is 194 Å². The molecular weight excluding hydrogens is 412 g/mol. The quantitative estimate of drug-likeness (QED) is 0.334. The fourth-order valence-electron chi connectivity index (χ4n) is 3.90. The Kier molecular flexibility index (Phi) is 7.25. The first kappa shape index (κ1) is 22.4. The molecule has 168 valence electrons. The van der Waals surface area contributed by atoms with E-state index in [9.17, 15) is 9.90 Å². The van der Waals surface area contributed by atoms with E-state index in [-0.39, 0.29) is 5.56 Å². The van der Waals surface area contributed by atoms with Gasteiger partial charge in [-0.25, -0.2) is 14.5 Å². The minimum Gasteiger partial charge on any atom is -0.478 e. The first-order valence-corrected chi connectivity index (χ1v) is 11.4. The molecule has 2 aromatic carbocycles. The number of carboxylic acids is 1. The summed E-state index contributed by atoms with van der Waals surface area (Å²) in [4.78, 5) is 20.3. The topological polar surface area (TPSA) is 80.9 Å². The maximum Gasteiger partial charge on any atom is 0.337 e. The van der Waals surface area contributed by atoms with Crippen molar-refractivity contribution in [3.05, 3.63) is 101 Å². The number of carboxylic acid groups (broad SMARTS) is 1. The predicted molar refractivity (Wildman–Crippen MR) is 128 cm³/mol. The van der Waals surface area contributed by atoms with Crippen LogP contribution in [0.5, 0.6) is 0 Å². The molecule has 33 heavy (non-hydrogen) atoms. The van der Waals surface area contributed by atoms with Crippen LogP contribution in [0.3, 0.4) is 0 Å². The predicted octanol–water partition coefficient (Wildman–Crippen LogP) is 5.41. The van der Waals surface area contributed by atoms with Crippen LogP contribution in [0.25, 0.3) is 11.1 Å². The molecule has 0 saturated carbocycles. The molecule has 0 aliphatic rings. The van der Waals surface area contributed by atoms with Gasteiger partial charge in [-0.1, -0.05) is 74.4 Å². The van der Waals surface area contributed by atoms with E-state index >= 15 is 0 Å². The molecule has 6 nitrogen and oxygen atoms in total. The zero-order valence-corrected chi connectivity index (χ0v) is 18.8. The zero-order valence-electron chi connectivity index (χ0n) is 18.8. The number of rotatable bonds is 10. The van der Waals surface area contributed by atoms with Gasteiger partial charge in [-0.2, -0.15) is 5.10 Å². The van der Waals surface area contributed by atoms with Gasteiger partial charge < -0.3 is 5.11 Å². The van der Waals surface area contributed by atoms with Crippen LogP contribution in [0.1, 0.15) is 59.3 Å². The summed E-state index contributed by atoms with van der Waals surface area (Å²) >= 11 is 0. The average Bonchev–Trinajstić information content (AvgIpc) is 3.21. The van der Waals surface area contributed by atoms with Crippen LogP contribution in [0, 0.1) is 0 Å². The van der Waals surface area contributed by atoms with Crippen molar-refractivity contribution in [1.29, 1.82) is 0 Å². The molecule has 4 rings (SSSR count). The normalized spacial score (nSPS) is 10.9. The number of carbonyl (C=O) groups is 1. The zero-order chi connectivity index (χ0) is 23.0. The molecule has 2 heterocycles. The lowest BCUT2D eigenvalue weighted by Gasteiger charge is -2.08. The Balaban J connectivity index is 1.55. The van der Waals surface area contributed by atoms with Gasteiger partial charge in [-0.3, -0.25) is 4.98 Å². The Hall–Kier alpha value is -3.80. The van der Waals surface area contributed by atoms with E-state index in [4.69, 9.17) is 10.1 Å². The monoisotopic (exact) mass is 440 g/mol. The number of benzene rings is 2. The minimum atomic E-state index is -0.978. The fourth-order valence-corrected chi connectivity index (χ4v) is 3.90. The summed E-state index contributed by atoms with van der Waals surface area (Å²) in [5, 5.41) is 14.2. The summed E-state index contributed by atoms with van der Waals surface area (Å²) in [6.45, 7) is 3.06. The molecule has 0 spiro atoms. The van der Waals surface area contributed by atoms with Crippen molar-refractivity contribution < 1.29 is 9.90 Å². The van der Waals surface area contributed by atoms with Crippen molar-refractivity contribution >= 4 is 5.97 Å². The number of aryl methyl sites for hydroxylation is 1. The third-order valence-corrected chi connectivity index (χ3v) is 5.65. The highest BCUT2D eigenvalue weighted by atomic mass is 16.4. The van der Waals surface area contributed by atoms with Crippen LogP contribution < -0.4 is 0 Å². The molecule has 0 atom stereocenters. The maximum absolute atomic E-state index is 11.5. The summed E-state index contributed by atoms with van der Waals surface area (Å²) in [6, 6.07) is 20.0. The Morgan fingerprint density at radius 3 is 2.42 bits per heavy atom. The highest BCUT2D eigenvalue weighted by Crippen LogP contribution is 2.24. The van der Waals surface area contributed by atoms with Gasteiger partial charge in [0.15, 0.2) is 5.82 Å². The molecule has 4 aromatic rings. The van der Waals surface area contributed by atoms with Crippen molar-refractivity contribution in [2.24, 2.45) is 0 Å². The molecule has 0 saturated heterocycles. The lowest BCUT2D eigenvalue weighted by molar-refractivity contribution is 0.0697.